The second-order valence-electron chi connectivity index (χ2n) is 3.62. The molecule has 1 aromatic carbocycles. The molecule has 0 heterocycles. The van der Waals surface area contributed by atoms with E-state index < -0.39 is 60.1 Å². The predicted molar refractivity (Wildman–Crippen MR) is 65.7 cm³/mol. The van der Waals surface area contributed by atoms with E-state index in [2.05, 4.69) is 0 Å². The summed E-state index contributed by atoms with van der Waals surface area (Å²) in [4.78, 5) is -7.72. The fraction of sp³-hybridized carbons (Fsp3) is 0. The molecule has 0 aliphatic rings. The van der Waals surface area contributed by atoms with E-state index in [1.807, 2.05) is 0 Å². The third-order valence-electron chi connectivity index (χ3n) is 2.11. The smallest absolute Gasteiger partial charge is 0.282 e. The van der Waals surface area contributed by atoms with Crippen LogP contribution in [-0.2, 0) is 40.5 Å². The average molecular weight is 398 g/mol. The normalized spacial score (nSPS) is 14.0. The molecule has 0 aliphatic carbocycles. The van der Waals surface area contributed by atoms with Crippen molar-refractivity contribution in [3.8, 4) is 0 Å². The minimum atomic E-state index is -5.77. The molecule has 0 bridgehead atoms. The van der Waals surface area contributed by atoms with E-state index >= 15 is 0 Å². The zero-order chi connectivity index (χ0) is 17.7. The summed E-state index contributed by atoms with van der Waals surface area (Å²) in [5.74, 6) is 0. The van der Waals surface area contributed by atoms with E-state index in [0.29, 0.717) is 0 Å². The van der Waals surface area contributed by atoms with Crippen molar-refractivity contribution in [2.24, 2.45) is 0 Å². The van der Waals surface area contributed by atoms with Gasteiger partial charge >= 0.3 is 0 Å². The SMILES string of the molecule is O=S(=O)(O)c1ccc(S(=O)(=O)O)c(S(=O)(=O)O)c1S(=O)(=O)O. The van der Waals surface area contributed by atoms with Gasteiger partial charge in [-0.2, -0.15) is 33.7 Å². The molecule has 0 spiro atoms. The molecular formula is C6H6O12S4. The maximum absolute atomic E-state index is 11.2. The minimum absolute atomic E-state index is 0.0935. The fourth-order valence-electron chi connectivity index (χ4n) is 1.42. The minimum Gasteiger partial charge on any atom is -0.282 e. The van der Waals surface area contributed by atoms with Crippen LogP contribution >= 0.6 is 0 Å². The third-order valence-corrected chi connectivity index (χ3v) is 6.17. The second-order valence-corrected chi connectivity index (χ2v) is 9.12. The molecule has 1 rings (SSSR count). The standard InChI is InChI=1S/C6H6O12S4/c7-19(8,9)3-1-2-4(20(10,11)12)6(22(16,17)18)5(3)21(13,14)15/h1-2H,(H,7,8,9)(H,10,11,12)(H,13,14,15)(H,16,17,18). The van der Waals surface area contributed by atoms with Crippen molar-refractivity contribution in [1.82, 2.24) is 0 Å². The van der Waals surface area contributed by atoms with Gasteiger partial charge < -0.3 is 0 Å². The van der Waals surface area contributed by atoms with Crippen molar-refractivity contribution < 1.29 is 51.9 Å². The largest absolute Gasteiger partial charge is 0.297 e. The van der Waals surface area contributed by atoms with Crippen molar-refractivity contribution in [2.75, 3.05) is 0 Å². The van der Waals surface area contributed by atoms with Crippen LogP contribution in [-0.4, -0.2) is 51.9 Å². The quantitative estimate of drug-likeness (QED) is 0.434. The molecule has 22 heavy (non-hydrogen) atoms. The summed E-state index contributed by atoms with van der Waals surface area (Å²) in [6.45, 7) is 0. The molecule has 0 aliphatic heterocycles. The summed E-state index contributed by atoms with van der Waals surface area (Å²) in [5, 5.41) is 0. The summed E-state index contributed by atoms with van der Waals surface area (Å²) in [7, 11) is -22.4. The molecule has 16 heteroatoms. The highest BCUT2D eigenvalue weighted by molar-refractivity contribution is 7.91. The zero-order valence-corrected chi connectivity index (χ0v) is 13.1. The molecule has 0 amide bonds. The molecule has 0 unspecified atom stereocenters. The first-order chi connectivity index (χ1) is 9.47. The lowest BCUT2D eigenvalue weighted by Crippen LogP contribution is -2.18. The highest BCUT2D eigenvalue weighted by atomic mass is 32.2. The first-order valence-electron chi connectivity index (χ1n) is 4.54. The molecule has 1 aromatic rings. The van der Waals surface area contributed by atoms with Crippen LogP contribution in [0, 0.1) is 0 Å². The van der Waals surface area contributed by atoms with Crippen LogP contribution in [0.15, 0.2) is 31.7 Å². The molecular weight excluding hydrogens is 392 g/mol. The van der Waals surface area contributed by atoms with Crippen LogP contribution in [0.4, 0.5) is 0 Å². The van der Waals surface area contributed by atoms with Gasteiger partial charge in [0.05, 0.1) is 0 Å². The van der Waals surface area contributed by atoms with Gasteiger partial charge in [-0.05, 0) is 12.1 Å². The average Bonchev–Trinajstić information content (AvgIpc) is 2.22. The van der Waals surface area contributed by atoms with Crippen LogP contribution in [0.25, 0.3) is 0 Å². The van der Waals surface area contributed by atoms with Crippen LogP contribution in [0.2, 0.25) is 0 Å². The Morgan fingerprint density at radius 2 is 0.727 bits per heavy atom. The summed E-state index contributed by atoms with van der Waals surface area (Å²) in [6, 6.07) is 0.187. The fourth-order valence-corrected chi connectivity index (χ4v) is 5.93. The number of hydrogen-bond acceptors (Lipinski definition) is 8. The first-order valence-corrected chi connectivity index (χ1v) is 10.3. The van der Waals surface area contributed by atoms with Gasteiger partial charge in [0, 0.05) is 0 Å². The molecule has 0 atom stereocenters. The molecule has 0 fully saturated rings. The maximum Gasteiger partial charge on any atom is 0.297 e. The summed E-state index contributed by atoms with van der Waals surface area (Å²) in [6.07, 6.45) is 0. The molecule has 0 saturated heterocycles. The summed E-state index contributed by atoms with van der Waals surface area (Å²) in [5.41, 5.74) is 0. The Bertz CT molecular complexity index is 954. The molecule has 0 saturated carbocycles. The van der Waals surface area contributed by atoms with E-state index in [1.54, 1.807) is 0 Å². The Hall–Kier alpha value is -1.14. The van der Waals surface area contributed by atoms with E-state index in [0.717, 1.165) is 0 Å². The van der Waals surface area contributed by atoms with Crippen LogP contribution in [0.5, 0.6) is 0 Å². The molecule has 126 valence electrons. The van der Waals surface area contributed by atoms with Gasteiger partial charge in [-0.25, -0.2) is 0 Å². The molecule has 0 aromatic heterocycles. The van der Waals surface area contributed by atoms with Crippen molar-refractivity contribution in [1.29, 1.82) is 0 Å². The monoisotopic (exact) mass is 398 g/mol. The van der Waals surface area contributed by atoms with Crippen molar-refractivity contribution >= 4 is 40.5 Å². The van der Waals surface area contributed by atoms with Crippen LogP contribution in [0.3, 0.4) is 0 Å². The van der Waals surface area contributed by atoms with E-state index in [4.69, 9.17) is 18.2 Å². The maximum atomic E-state index is 11.2. The Morgan fingerprint density at radius 3 is 0.864 bits per heavy atom. The Morgan fingerprint density at radius 1 is 0.500 bits per heavy atom. The second kappa shape index (κ2) is 5.20. The zero-order valence-electron chi connectivity index (χ0n) is 9.84. The third kappa shape index (κ3) is 3.79. The lowest BCUT2D eigenvalue weighted by molar-refractivity contribution is 0.447. The van der Waals surface area contributed by atoms with E-state index in [9.17, 15) is 33.7 Å². The Labute approximate surface area is 124 Å². The number of hydrogen-bond donors (Lipinski definition) is 4. The van der Waals surface area contributed by atoms with E-state index in [-0.39, 0.29) is 12.1 Å². The Kier molecular flexibility index (Phi) is 4.47. The van der Waals surface area contributed by atoms with Gasteiger partial charge in [0.2, 0.25) is 0 Å². The van der Waals surface area contributed by atoms with Gasteiger partial charge in [0.1, 0.15) is 19.6 Å². The first kappa shape index (κ1) is 18.9. The highest BCUT2D eigenvalue weighted by Crippen LogP contribution is 2.33. The van der Waals surface area contributed by atoms with Gasteiger partial charge in [-0.15, -0.1) is 0 Å². The van der Waals surface area contributed by atoms with Gasteiger partial charge in [-0.1, -0.05) is 0 Å². The topological polar surface area (TPSA) is 217 Å². The molecule has 4 N–H and O–H groups in total. The molecule has 0 radical (unpaired) electrons. The van der Waals surface area contributed by atoms with Gasteiger partial charge in [0.25, 0.3) is 40.5 Å². The lowest BCUT2D eigenvalue weighted by atomic mass is 10.3. The molecule has 12 nitrogen and oxygen atoms in total. The van der Waals surface area contributed by atoms with E-state index in [1.165, 1.54) is 0 Å². The van der Waals surface area contributed by atoms with Gasteiger partial charge in [0.15, 0.2) is 0 Å². The van der Waals surface area contributed by atoms with Crippen molar-refractivity contribution in [3.05, 3.63) is 12.1 Å². The predicted octanol–water partition coefficient (Wildman–Crippen LogP) is -1.33. The highest BCUT2D eigenvalue weighted by Gasteiger charge is 2.37. The number of rotatable bonds is 4. The van der Waals surface area contributed by atoms with Crippen LogP contribution in [0.1, 0.15) is 0 Å². The number of benzene rings is 1. The summed E-state index contributed by atoms with van der Waals surface area (Å²) < 4.78 is 124. The summed E-state index contributed by atoms with van der Waals surface area (Å²) >= 11 is 0. The van der Waals surface area contributed by atoms with Crippen LogP contribution < -0.4 is 0 Å². The van der Waals surface area contributed by atoms with Crippen molar-refractivity contribution in [3.63, 3.8) is 0 Å². The van der Waals surface area contributed by atoms with Crippen molar-refractivity contribution in [2.45, 2.75) is 19.6 Å². The lowest BCUT2D eigenvalue weighted by Gasteiger charge is -2.11. The van der Waals surface area contributed by atoms with Gasteiger partial charge in [-0.3, -0.25) is 18.2 Å². The Balaban J connectivity index is 4.41.